The summed E-state index contributed by atoms with van der Waals surface area (Å²) in [5.41, 5.74) is 3.11. The van der Waals surface area contributed by atoms with Gasteiger partial charge < -0.3 is 28.4 Å². The molecule has 0 aliphatic carbocycles. The smallest absolute Gasteiger partial charge is 0.261 e. The van der Waals surface area contributed by atoms with Crippen LogP contribution in [0.2, 0.25) is 0 Å². The molecule has 0 N–H and O–H groups in total. The Morgan fingerprint density at radius 1 is 0.218 bits per heavy atom. The molecule has 14 heteroatoms. The van der Waals surface area contributed by atoms with E-state index in [9.17, 15) is 0 Å². The second kappa shape index (κ2) is 59.9. The van der Waals surface area contributed by atoms with E-state index in [1.807, 2.05) is 60.7 Å². The van der Waals surface area contributed by atoms with Gasteiger partial charge in [-0.3, -0.25) is 29.0 Å². The van der Waals surface area contributed by atoms with E-state index in [1.54, 1.807) is 0 Å². The van der Waals surface area contributed by atoms with Crippen molar-refractivity contribution in [3.63, 3.8) is 0 Å². The molecule has 9 rings (SSSR count). The molecule has 0 aromatic heterocycles. The van der Waals surface area contributed by atoms with Crippen LogP contribution in [0.25, 0.3) is 43.1 Å². The van der Waals surface area contributed by atoms with Gasteiger partial charge in [-0.25, -0.2) is 0 Å². The largest absolute Gasteiger partial charge is 0.490 e. The zero-order valence-electron chi connectivity index (χ0n) is 78.6. The minimum atomic E-state index is -0.401. The van der Waals surface area contributed by atoms with Crippen molar-refractivity contribution in [3.8, 4) is 34.5 Å². The van der Waals surface area contributed by atoms with Gasteiger partial charge >= 0.3 is 0 Å². The van der Waals surface area contributed by atoms with Crippen LogP contribution in [0.5, 0.6) is 34.5 Å². The molecule has 124 heavy (non-hydrogen) atoms. The molecule has 2 heterocycles. The Hall–Kier alpha value is -6.12. The highest BCUT2D eigenvalue weighted by Gasteiger charge is 2.39. The van der Waals surface area contributed by atoms with Crippen LogP contribution in [0.15, 0.2) is 69.6 Å². The summed E-state index contributed by atoms with van der Waals surface area (Å²) in [6.07, 6.45) is 73.3. The highest BCUT2D eigenvalue weighted by molar-refractivity contribution is 9.11. The lowest BCUT2D eigenvalue weighted by Gasteiger charge is -2.31. The Kier molecular flexibility index (Phi) is 49.1. The number of ether oxygens (including phenoxy) is 6. The molecule has 7 aromatic carbocycles. The van der Waals surface area contributed by atoms with Crippen molar-refractivity contribution in [1.29, 1.82) is 0 Å². The van der Waals surface area contributed by atoms with E-state index in [4.69, 9.17) is 28.4 Å². The van der Waals surface area contributed by atoms with Crippen LogP contribution < -0.4 is 28.4 Å². The van der Waals surface area contributed by atoms with Crippen LogP contribution in [0.3, 0.4) is 0 Å². The van der Waals surface area contributed by atoms with Crippen LogP contribution in [-0.2, 0) is 13.1 Å². The number of amides is 4. The Morgan fingerprint density at radius 2 is 0.411 bits per heavy atom. The number of unbranched alkanes of at least 4 members (excludes halogenated alkanes) is 54. The van der Waals surface area contributed by atoms with Crippen molar-refractivity contribution in [2.45, 2.75) is 440 Å². The lowest BCUT2D eigenvalue weighted by atomic mass is 9.82. The molecule has 2 aliphatic rings. The zero-order valence-corrected chi connectivity index (χ0v) is 81.8. The van der Waals surface area contributed by atoms with E-state index >= 15 is 19.2 Å². The number of imide groups is 2. The van der Waals surface area contributed by atoms with Gasteiger partial charge in [0, 0.05) is 63.5 Å². The van der Waals surface area contributed by atoms with Gasteiger partial charge in [-0.05, 0) is 109 Å². The van der Waals surface area contributed by atoms with Crippen molar-refractivity contribution in [1.82, 2.24) is 9.80 Å². The van der Waals surface area contributed by atoms with Crippen LogP contribution >= 0.6 is 31.9 Å². The van der Waals surface area contributed by atoms with E-state index in [0.29, 0.717) is 116 Å². The molecule has 0 saturated heterocycles. The lowest BCUT2D eigenvalue weighted by Crippen LogP contribution is -2.40. The maximum atomic E-state index is 15.6. The maximum absolute atomic E-state index is 15.6. The summed E-state index contributed by atoms with van der Waals surface area (Å²) in [6.45, 7) is 16.8. The predicted molar refractivity (Wildman–Crippen MR) is 528 cm³/mol. The molecule has 0 bridgehead atoms. The fourth-order valence-electron chi connectivity index (χ4n) is 18.9. The van der Waals surface area contributed by atoms with Crippen LogP contribution in [-0.4, -0.2) is 73.1 Å². The summed E-state index contributed by atoms with van der Waals surface area (Å²) in [5, 5.41) is 5.86. The summed E-state index contributed by atoms with van der Waals surface area (Å²) in [5.74, 6) is 1.98. The zero-order chi connectivity index (χ0) is 87.6. The summed E-state index contributed by atoms with van der Waals surface area (Å²) in [7, 11) is 0. The molecule has 2 aliphatic heterocycles. The Balaban J connectivity index is 0.984. The van der Waals surface area contributed by atoms with Gasteiger partial charge in [0.05, 0.1) is 52.7 Å². The molecule has 7 aromatic rings. The van der Waals surface area contributed by atoms with E-state index < -0.39 is 23.6 Å². The lowest BCUT2D eigenvalue weighted by molar-refractivity contribution is 0.0583. The number of rotatable bonds is 76. The van der Waals surface area contributed by atoms with Gasteiger partial charge in [-0.2, -0.15) is 0 Å². The van der Waals surface area contributed by atoms with Crippen LogP contribution in [0.1, 0.15) is 479 Å². The molecular formula is C110H164Br2N2O10. The molecule has 0 spiro atoms. The second-order valence-corrected chi connectivity index (χ2v) is 38.5. The number of hydrogen-bond donors (Lipinski definition) is 0. The molecule has 688 valence electrons. The van der Waals surface area contributed by atoms with Gasteiger partial charge in [-0.1, -0.05) is 432 Å². The van der Waals surface area contributed by atoms with Crippen molar-refractivity contribution >= 4 is 98.6 Å². The molecule has 0 saturated carbocycles. The van der Waals surface area contributed by atoms with Gasteiger partial charge in [-0.15, -0.1) is 0 Å². The van der Waals surface area contributed by atoms with E-state index in [2.05, 4.69) is 73.4 Å². The third-order valence-electron chi connectivity index (χ3n) is 26.3. The summed E-state index contributed by atoms with van der Waals surface area (Å²) in [6, 6.07) is 19.3. The average Bonchev–Trinajstić information content (AvgIpc) is 0.681. The fourth-order valence-corrected chi connectivity index (χ4v) is 20.2. The Labute approximate surface area is 767 Å². The van der Waals surface area contributed by atoms with Gasteiger partial charge in [0.1, 0.15) is 0 Å². The molecule has 0 atom stereocenters. The SMILES string of the molecule is CCCCCCCCCCCCOc1cc(CN2C(=O)c3ccc4c5c(Br)cc6c7c(ccc(c8c(Br)cc(c3c48)C2=O)c75)C(=O)N(Cc2cc(OCCCCCCCCCCCC)c(OCCCCCCCCCCCC)c(OCCCCCCCCCCCC)c2)C6=O)cc(OCCCCCCCCCCCC)c1OCCCCCCCCCCCC. The minimum absolute atomic E-state index is 0.0119. The van der Waals surface area contributed by atoms with Crippen molar-refractivity contribution in [2.24, 2.45) is 0 Å². The fraction of sp³-hybridized carbons (Fsp3) is 0.673. The highest BCUT2D eigenvalue weighted by Crippen LogP contribution is 2.52. The minimum Gasteiger partial charge on any atom is -0.490 e. The first-order valence-electron chi connectivity index (χ1n) is 51.4. The quantitative estimate of drug-likeness (QED) is 0.0157. The number of nitrogens with zero attached hydrogens (tertiary/aromatic N) is 2. The van der Waals surface area contributed by atoms with Crippen molar-refractivity contribution in [3.05, 3.63) is 103 Å². The Bertz CT molecular complexity index is 3880. The first-order valence-corrected chi connectivity index (χ1v) is 53.0. The highest BCUT2D eigenvalue weighted by atomic mass is 79.9. The molecular weight excluding hydrogens is 1670 g/mol. The second-order valence-electron chi connectivity index (χ2n) is 36.8. The first kappa shape index (κ1) is 102. The predicted octanol–water partition coefficient (Wildman–Crippen LogP) is 34.7. The van der Waals surface area contributed by atoms with E-state index in [1.165, 1.54) is 318 Å². The van der Waals surface area contributed by atoms with Gasteiger partial charge in [0.15, 0.2) is 23.0 Å². The van der Waals surface area contributed by atoms with E-state index in [-0.39, 0.29) is 13.1 Å². The normalized spacial score (nSPS) is 12.8. The van der Waals surface area contributed by atoms with Crippen LogP contribution in [0.4, 0.5) is 0 Å². The summed E-state index contributed by atoms with van der Waals surface area (Å²) in [4.78, 5) is 65.1. The molecule has 0 fully saturated rings. The Morgan fingerprint density at radius 3 is 0.629 bits per heavy atom. The molecule has 0 unspecified atom stereocenters. The molecule has 4 amide bonds. The maximum Gasteiger partial charge on any atom is 0.261 e. The van der Waals surface area contributed by atoms with E-state index in [0.717, 1.165) is 120 Å². The third kappa shape index (κ3) is 32.2. The number of hydrogen-bond acceptors (Lipinski definition) is 10. The molecule has 12 nitrogen and oxygen atoms in total. The van der Waals surface area contributed by atoms with Gasteiger partial charge in [0.25, 0.3) is 23.6 Å². The number of fused-ring (bicyclic) bond motifs is 2. The van der Waals surface area contributed by atoms with Gasteiger partial charge in [0.2, 0.25) is 11.5 Å². The average molecular weight is 1830 g/mol. The number of carbonyl (C=O) groups is 4. The molecule has 0 radical (unpaired) electrons. The number of carbonyl (C=O) groups excluding carboxylic acids is 4. The van der Waals surface area contributed by atoms with Crippen molar-refractivity contribution < 1.29 is 47.6 Å². The number of benzene rings is 7. The van der Waals surface area contributed by atoms with Crippen LogP contribution in [0, 0.1) is 0 Å². The number of halogens is 2. The summed E-state index contributed by atoms with van der Waals surface area (Å²) < 4.78 is 42.3. The van der Waals surface area contributed by atoms with Crippen molar-refractivity contribution in [2.75, 3.05) is 39.6 Å². The third-order valence-corrected chi connectivity index (χ3v) is 27.5. The summed E-state index contributed by atoms with van der Waals surface area (Å²) >= 11 is 8.07. The standard InChI is InChI=1S/C110H164Br2N2O10/c1-7-13-19-25-31-37-43-49-55-61-71-119-95-77-85(78-96(120-72-62-56-50-44-38-32-26-20-14-8-2)105(95)123-75-65-59-53-47-41-35-29-23-17-11-5)83-113-107(115)89-69-67-87-102-94(112)82-92-100-90(70-68-88(104(100)102)101-93(111)81-91(109(113)117)99(89)103(87)101)108(116)114(110(92)118)84-86-79-97(121-73-63-57-51-45-39-33-27-21-15-9-3)106(124-76-66-60-54-48-42-36-30-24-18-12-6)98(80-86)122-74-64-58-52-46-40-34-28-22-16-10-4/h67-70,77-82H,7-66,71-76,83-84H2,1-6H3. The monoisotopic (exact) mass is 1830 g/mol. The topological polar surface area (TPSA) is 130 Å². The first-order chi connectivity index (χ1) is 61.0.